The molecule has 3 N–H and O–H groups in total. The Kier molecular flexibility index (Phi) is 5.42. The maximum absolute atomic E-state index is 13.0. The average Bonchev–Trinajstić information content (AvgIpc) is 3.54. The van der Waals surface area contributed by atoms with E-state index in [0.717, 1.165) is 24.7 Å². The number of nitrogens with one attached hydrogen (secondary N) is 1. The molecule has 0 radical (unpaired) electrons. The number of anilines is 1. The molecule has 1 aliphatic heterocycles. The van der Waals surface area contributed by atoms with Crippen LogP contribution in [0.1, 0.15) is 23.4 Å². The molecule has 1 aliphatic rings. The Labute approximate surface area is 185 Å². The van der Waals surface area contributed by atoms with Crippen molar-refractivity contribution in [3.8, 4) is 11.4 Å². The van der Waals surface area contributed by atoms with E-state index in [9.17, 15) is 13.2 Å². The fourth-order valence-electron chi connectivity index (χ4n) is 3.51. The molecule has 33 heavy (non-hydrogen) atoms. The maximum atomic E-state index is 13.0. The number of H-pyrrole nitrogens is 1. The highest BCUT2D eigenvalue weighted by molar-refractivity contribution is 5.86. The molecule has 0 aromatic carbocycles. The van der Waals surface area contributed by atoms with Crippen molar-refractivity contribution in [1.29, 1.82) is 0 Å². The molecule has 0 spiro atoms. The third-order valence-electron chi connectivity index (χ3n) is 5.20. The lowest BCUT2D eigenvalue weighted by atomic mass is 10.2. The zero-order valence-electron chi connectivity index (χ0n) is 17.2. The lowest BCUT2D eigenvalue weighted by Gasteiger charge is -2.10. The Balaban J connectivity index is 1.36. The fourth-order valence-corrected chi connectivity index (χ4v) is 3.51. The summed E-state index contributed by atoms with van der Waals surface area (Å²) in [7, 11) is 0. The summed E-state index contributed by atoms with van der Waals surface area (Å²) in [6, 6.07) is 5.94. The molecule has 5 heterocycles. The van der Waals surface area contributed by atoms with Crippen molar-refractivity contribution in [3.05, 3.63) is 47.4 Å². The summed E-state index contributed by atoms with van der Waals surface area (Å²) in [5.74, 6) is -0.111. The van der Waals surface area contributed by atoms with Gasteiger partial charge >= 0.3 is 6.18 Å². The van der Waals surface area contributed by atoms with Crippen molar-refractivity contribution in [2.75, 3.05) is 18.9 Å². The second-order valence-corrected chi connectivity index (χ2v) is 7.59. The van der Waals surface area contributed by atoms with Gasteiger partial charge in [0.05, 0.1) is 37.3 Å². The number of fused-ring (bicyclic) bond motifs is 1. The van der Waals surface area contributed by atoms with Gasteiger partial charge in [-0.25, -0.2) is 9.67 Å². The van der Waals surface area contributed by atoms with E-state index in [-0.39, 0.29) is 41.1 Å². The highest BCUT2D eigenvalue weighted by atomic mass is 19.4. The second kappa shape index (κ2) is 8.41. The lowest BCUT2D eigenvalue weighted by molar-refractivity contribution is -0.140. The summed E-state index contributed by atoms with van der Waals surface area (Å²) in [4.78, 5) is 15.0. The number of halogens is 3. The van der Waals surface area contributed by atoms with E-state index in [1.165, 1.54) is 10.7 Å². The molecule has 1 fully saturated rings. The molecular formula is C20H19F3N8O2. The first-order valence-corrected chi connectivity index (χ1v) is 10.1. The Morgan fingerprint density at radius 1 is 1.21 bits per heavy atom. The number of hydrogen-bond donors (Lipinski definition) is 2. The van der Waals surface area contributed by atoms with Gasteiger partial charge in [0.25, 0.3) is 0 Å². The largest absolute Gasteiger partial charge is 0.431 e. The first-order valence-electron chi connectivity index (χ1n) is 10.1. The maximum Gasteiger partial charge on any atom is 0.431 e. The van der Waals surface area contributed by atoms with Gasteiger partial charge in [0.1, 0.15) is 11.4 Å². The number of nitrogens with two attached hydrogens (primary N) is 1. The van der Waals surface area contributed by atoms with Gasteiger partial charge in [-0.05, 0) is 30.2 Å². The van der Waals surface area contributed by atoms with Crippen molar-refractivity contribution in [2.24, 2.45) is 0 Å². The molecule has 5 rings (SSSR count). The van der Waals surface area contributed by atoms with Gasteiger partial charge in [-0.3, -0.25) is 4.98 Å². The standard InChI is InChI=1S/C20H19F3N8O2/c21-20(22,23)15-4-3-14(26-15)16-17-18(28-19(24)27-16)31(30-29-17)8-12-2-1-11(7-25-12)9-33-13-5-6-32-10-13/h1-4,7,13,26H,5-6,8-10H2,(H2,24,27,28). The fraction of sp³-hybridized carbons (Fsp3) is 0.350. The van der Waals surface area contributed by atoms with Gasteiger partial charge in [-0.1, -0.05) is 11.3 Å². The van der Waals surface area contributed by atoms with Crippen LogP contribution in [0, 0.1) is 0 Å². The van der Waals surface area contributed by atoms with E-state index in [0.29, 0.717) is 18.9 Å². The van der Waals surface area contributed by atoms with Crippen LogP contribution in [0.4, 0.5) is 19.1 Å². The Hall–Kier alpha value is -3.58. The number of rotatable bonds is 6. The number of pyridine rings is 1. The van der Waals surface area contributed by atoms with Gasteiger partial charge in [0.2, 0.25) is 5.95 Å². The van der Waals surface area contributed by atoms with E-state index < -0.39 is 11.9 Å². The van der Waals surface area contributed by atoms with Crippen molar-refractivity contribution >= 4 is 17.1 Å². The Morgan fingerprint density at radius 3 is 2.79 bits per heavy atom. The summed E-state index contributed by atoms with van der Waals surface area (Å²) >= 11 is 0. The monoisotopic (exact) mass is 460 g/mol. The Morgan fingerprint density at radius 2 is 2.09 bits per heavy atom. The van der Waals surface area contributed by atoms with Crippen LogP contribution in [-0.4, -0.2) is 54.2 Å². The van der Waals surface area contributed by atoms with E-state index in [2.05, 4.69) is 30.2 Å². The van der Waals surface area contributed by atoms with Crippen LogP contribution >= 0.6 is 0 Å². The van der Waals surface area contributed by atoms with Crippen molar-refractivity contribution in [1.82, 2.24) is 34.9 Å². The van der Waals surface area contributed by atoms with Gasteiger partial charge in [-0.15, -0.1) is 5.10 Å². The molecule has 1 saturated heterocycles. The predicted octanol–water partition coefficient (Wildman–Crippen LogP) is 2.57. The van der Waals surface area contributed by atoms with Crippen molar-refractivity contribution < 1.29 is 22.6 Å². The third-order valence-corrected chi connectivity index (χ3v) is 5.20. The SMILES string of the molecule is Nc1nc(-c2ccc(C(F)(F)F)[nH]2)c2nnn(Cc3ccc(COC4CCOC4)cn3)c2n1. The molecule has 0 amide bonds. The molecule has 4 aromatic heterocycles. The molecule has 0 aliphatic carbocycles. The van der Waals surface area contributed by atoms with Crippen LogP contribution in [-0.2, 0) is 28.8 Å². The summed E-state index contributed by atoms with van der Waals surface area (Å²) in [6.07, 6.45) is -1.80. The van der Waals surface area contributed by atoms with Gasteiger partial charge in [0.15, 0.2) is 11.2 Å². The summed E-state index contributed by atoms with van der Waals surface area (Å²) in [6.45, 7) is 2.01. The molecular weight excluding hydrogens is 441 g/mol. The normalized spacial score (nSPS) is 16.6. The minimum Gasteiger partial charge on any atom is -0.379 e. The number of nitrogen functional groups attached to an aromatic ring is 1. The number of alkyl halides is 3. The van der Waals surface area contributed by atoms with Crippen molar-refractivity contribution in [2.45, 2.75) is 31.9 Å². The van der Waals surface area contributed by atoms with Crippen molar-refractivity contribution in [3.63, 3.8) is 0 Å². The number of aromatic nitrogens is 7. The summed E-state index contributed by atoms with van der Waals surface area (Å²) < 4.78 is 51.5. The van der Waals surface area contributed by atoms with Gasteiger partial charge in [0, 0.05) is 12.8 Å². The zero-order valence-corrected chi connectivity index (χ0v) is 17.2. The zero-order chi connectivity index (χ0) is 23.0. The first kappa shape index (κ1) is 21.3. The Bertz CT molecular complexity index is 1260. The smallest absolute Gasteiger partial charge is 0.379 e. The van der Waals surface area contributed by atoms with Crippen LogP contribution in [0.15, 0.2) is 30.5 Å². The van der Waals surface area contributed by atoms with Crippen LogP contribution in [0.3, 0.4) is 0 Å². The minimum absolute atomic E-state index is 0.109. The van der Waals surface area contributed by atoms with Gasteiger partial charge in [-0.2, -0.15) is 18.2 Å². The minimum atomic E-state index is -4.51. The van der Waals surface area contributed by atoms with E-state index in [1.54, 1.807) is 6.20 Å². The lowest BCUT2D eigenvalue weighted by Crippen LogP contribution is -2.12. The average molecular weight is 460 g/mol. The third kappa shape index (κ3) is 4.50. The topological polar surface area (TPSA) is 130 Å². The number of hydrogen-bond acceptors (Lipinski definition) is 8. The van der Waals surface area contributed by atoms with Crippen LogP contribution in [0.25, 0.3) is 22.6 Å². The second-order valence-electron chi connectivity index (χ2n) is 7.59. The van der Waals surface area contributed by atoms with E-state index >= 15 is 0 Å². The highest BCUT2D eigenvalue weighted by Gasteiger charge is 2.32. The molecule has 4 aromatic rings. The van der Waals surface area contributed by atoms with Crippen LogP contribution in [0.2, 0.25) is 0 Å². The number of nitrogens with zero attached hydrogens (tertiary/aromatic N) is 6. The molecule has 13 heteroatoms. The van der Waals surface area contributed by atoms with E-state index in [1.807, 2.05) is 12.1 Å². The number of ether oxygens (including phenoxy) is 2. The van der Waals surface area contributed by atoms with Gasteiger partial charge < -0.3 is 20.2 Å². The number of aromatic amines is 1. The molecule has 0 saturated carbocycles. The molecule has 1 atom stereocenters. The van der Waals surface area contributed by atoms with Crippen LogP contribution in [0.5, 0.6) is 0 Å². The van der Waals surface area contributed by atoms with E-state index in [4.69, 9.17) is 15.2 Å². The summed E-state index contributed by atoms with van der Waals surface area (Å²) in [5.41, 5.74) is 7.29. The molecule has 0 bridgehead atoms. The summed E-state index contributed by atoms with van der Waals surface area (Å²) in [5, 5.41) is 8.14. The first-order chi connectivity index (χ1) is 15.9. The quantitative estimate of drug-likeness (QED) is 0.449. The molecule has 1 unspecified atom stereocenters. The van der Waals surface area contributed by atoms with Crippen LogP contribution < -0.4 is 5.73 Å². The predicted molar refractivity (Wildman–Crippen MR) is 110 cm³/mol. The molecule has 10 nitrogen and oxygen atoms in total. The highest BCUT2D eigenvalue weighted by Crippen LogP contribution is 2.32. The molecule has 172 valence electrons.